The van der Waals surface area contributed by atoms with Gasteiger partial charge in [-0.15, -0.1) is 0 Å². The molecule has 3 heteroatoms. The summed E-state index contributed by atoms with van der Waals surface area (Å²) in [6.45, 7) is 8.56. The van der Waals surface area contributed by atoms with E-state index in [9.17, 15) is 0 Å². The maximum atomic E-state index is 3.88. The molecule has 1 aliphatic heterocycles. The van der Waals surface area contributed by atoms with Gasteiger partial charge < -0.3 is 5.32 Å². The molecule has 2 atom stereocenters. The lowest BCUT2D eigenvalue weighted by molar-refractivity contribution is 0.0312. The lowest BCUT2D eigenvalue weighted by atomic mass is 9.87. The number of piperazine rings is 1. The smallest absolute Gasteiger partial charge is 0.0334 e. The molecule has 1 heterocycles. The number of thioether (sulfide) groups is 1. The number of nitrogens with zero attached hydrogens (tertiary/aromatic N) is 1. The van der Waals surface area contributed by atoms with Crippen LogP contribution in [0.3, 0.4) is 0 Å². The van der Waals surface area contributed by atoms with Gasteiger partial charge in [0.25, 0.3) is 0 Å². The lowest BCUT2D eigenvalue weighted by Crippen LogP contribution is -2.64. The average Bonchev–Trinajstić information content (AvgIpc) is 2.90. The van der Waals surface area contributed by atoms with Crippen LogP contribution < -0.4 is 5.32 Å². The Morgan fingerprint density at radius 2 is 2.11 bits per heavy atom. The highest BCUT2D eigenvalue weighted by Gasteiger charge is 2.43. The Labute approximate surface area is 124 Å². The highest BCUT2D eigenvalue weighted by molar-refractivity contribution is 7.98. The molecule has 0 radical (unpaired) electrons. The van der Waals surface area contributed by atoms with Crippen molar-refractivity contribution < 1.29 is 0 Å². The van der Waals surface area contributed by atoms with E-state index in [4.69, 9.17) is 0 Å². The van der Waals surface area contributed by atoms with Gasteiger partial charge >= 0.3 is 0 Å². The van der Waals surface area contributed by atoms with Crippen molar-refractivity contribution in [1.29, 1.82) is 0 Å². The predicted molar refractivity (Wildman–Crippen MR) is 87.0 cm³/mol. The average molecular weight is 285 g/mol. The second-order valence-electron chi connectivity index (χ2n) is 6.60. The molecule has 1 aliphatic carbocycles. The molecule has 0 aromatic rings. The van der Waals surface area contributed by atoms with Gasteiger partial charge in [0.05, 0.1) is 0 Å². The second kappa shape index (κ2) is 7.33. The van der Waals surface area contributed by atoms with Gasteiger partial charge in [0.1, 0.15) is 0 Å². The zero-order chi connectivity index (χ0) is 13.7. The van der Waals surface area contributed by atoms with Crippen molar-refractivity contribution >= 4 is 11.8 Å². The highest BCUT2D eigenvalue weighted by atomic mass is 32.2. The van der Waals surface area contributed by atoms with E-state index in [0.717, 1.165) is 5.92 Å². The fourth-order valence-corrected chi connectivity index (χ4v) is 4.27. The van der Waals surface area contributed by atoms with Crippen LogP contribution in [-0.4, -0.2) is 48.1 Å². The van der Waals surface area contributed by atoms with Gasteiger partial charge in [0.2, 0.25) is 0 Å². The van der Waals surface area contributed by atoms with Crippen LogP contribution in [-0.2, 0) is 0 Å². The fraction of sp³-hybridized carbons (Fsp3) is 1.00. The number of hydrogen-bond acceptors (Lipinski definition) is 3. The van der Waals surface area contributed by atoms with Crippen molar-refractivity contribution in [2.45, 2.75) is 64.0 Å². The summed E-state index contributed by atoms with van der Waals surface area (Å²) >= 11 is 1.99. The first-order valence-electron chi connectivity index (χ1n) is 8.19. The van der Waals surface area contributed by atoms with E-state index in [1.165, 1.54) is 63.9 Å². The van der Waals surface area contributed by atoms with E-state index in [2.05, 4.69) is 30.3 Å². The summed E-state index contributed by atoms with van der Waals surface area (Å²) in [4.78, 5) is 2.86. The molecule has 1 N–H and O–H groups in total. The molecule has 112 valence electrons. The van der Waals surface area contributed by atoms with Crippen molar-refractivity contribution in [3.05, 3.63) is 0 Å². The highest BCUT2D eigenvalue weighted by Crippen LogP contribution is 2.37. The van der Waals surface area contributed by atoms with Gasteiger partial charge in [-0.05, 0) is 43.7 Å². The van der Waals surface area contributed by atoms with Crippen molar-refractivity contribution in [1.82, 2.24) is 10.2 Å². The van der Waals surface area contributed by atoms with E-state index in [0.29, 0.717) is 11.6 Å². The Hall–Kier alpha value is 0.270. The van der Waals surface area contributed by atoms with Crippen LogP contribution in [0.2, 0.25) is 0 Å². The van der Waals surface area contributed by atoms with Crippen LogP contribution in [0.1, 0.15) is 52.4 Å². The minimum Gasteiger partial charge on any atom is -0.311 e. The van der Waals surface area contributed by atoms with Crippen molar-refractivity contribution in [2.24, 2.45) is 5.92 Å². The molecule has 1 saturated carbocycles. The van der Waals surface area contributed by atoms with Gasteiger partial charge in [-0.25, -0.2) is 0 Å². The van der Waals surface area contributed by atoms with E-state index in [1.807, 2.05) is 11.8 Å². The van der Waals surface area contributed by atoms with Gasteiger partial charge in [-0.1, -0.05) is 33.1 Å². The second-order valence-corrected chi connectivity index (χ2v) is 7.58. The molecule has 2 nitrogen and oxygen atoms in total. The molecule has 0 bridgehead atoms. The first-order valence-corrected chi connectivity index (χ1v) is 9.58. The largest absolute Gasteiger partial charge is 0.311 e. The van der Waals surface area contributed by atoms with Gasteiger partial charge in [-0.3, -0.25) is 4.90 Å². The fourth-order valence-electron chi connectivity index (χ4n) is 3.85. The zero-order valence-electron chi connectivity index (χ0n) is 13.1. The maximum Gasteiger partial charge on any atom is 0.0334 e. The molecule has 1 saturated heterocycles. The molecule has 2 rings (SSSR count). The van der Waals surface area contributed by atoms with E-state index < -0.39 is 0 Å². The Bertz CT molecular complexity index is 263. The minimum atomic E-state index is 0.516. The van der Waals surface area contributed by atoms with Crippen LogP contribution in [0, 0.1) is 5.92 Å². The summed E-state index contributed by atoms with van der Waals surface area (Å²) in [6.07, 6.45) is 10.6. The van der Waals surface area contributed by atoms with Crippen LogP contribution in [0.4, 0.5) is 0 Å². The summed E-state index contributed by atoms with van der Waals surface area (Å²) in [5.41, 5.74) is 0.516. The van der Waals surface area contributed by atoms with Crippen molar-refractivity contribution in [2.75, 3.05) is 31.6 Å². The third kappa shape index (κ3) is 3.68. The summed E-state index contributed by atoms with van der Waals surface area (Å²) in [5, 5.41) is 3.88. The van der Waals surface area contributed by atoms with Gasteiger partial charge in [0, 0.05) is 24.7 Å². The normalized spacial score (nSPS) is 28.9. The van der Waals surface area contributed by atoms with Crippen LogP contribution in [0.15, 0.2) is 0 Å². The third-order valence-corrected chi connectivity index (χ3v) is 6.12. The Balaban J connectivity index is 1.97. The van der Waals surface area contributed by atoms with E-state index >= 15 is 0 Å². The topological polar surface area (TPSA) is 15.3 Å². The number of nitrogens with one attached hydrogen (secondary N) is 1. The standard InChI is InChI=1S/C16H32N2S/c1-4-14(2)15-12-18(10-7-11-19-3)16(13-17-15)8-5-6-9-16/h14-15,17H,4-13H2,1-3H3. The van der Waals surface area contributed by atoms with Crippen LogP contribution in [0.25, 0.3) is 0 Å². The van der Waals surface area contributed by atoms with Gasteiger partial charge in [-0.2, -0.15) is 11.8 Å². The summed E-state index contributed by atoms with van der Waals surface area (Å²) in [5.74, 6) is 2.12. The maximum absolute atomic E-state index is 3.88. The molecule has 2 unspecified atom stereocenters. The Morgan fingerprint density at radius 1 is 1.37 bits per heavy atom. The lowest BCUT2D eigenvalue weighted by Gasteiger charge is -2.49. The molecule has 19 heavy (non-hydrogen) atoms. The molecule has 1 spiro atoms. The van der Waals surface area contributed by atoms with E-state index in [1.54, 1.807) is 0 Å². The molecule has 2 aliphatic rings. The molecule has 0 aromatic carbocycles. The van der Waals surface area contributed by atoms with Crippen LogP contribution in [0.5, 0.6) is 0 Å². The number of hydrogen-bond donors (Lipinski definition) is 1. The SMILES string of the molecule is CCC(C)C1CN(CCCSC)C2(CCCC2)CN1. The predicted octanol–water partition coefficient (Wildman–Crippen LogP) is 3.37. The minimum absolute atomic E-state index is 0.516. The molecular formula is C16H32N2S. The zero-order valence-corrected chi connectivity index (χ0v) is 13.9. The van der Waals surface area contributed by atoms with Crippen molar-refractivity contribution in [3.8, 4) is 0 Å². The monoisotopic (exact) mass is 284 g/mol. The van der Waals surface area contributed by atoms with Crippen LogP contribution >= 0.6 is 11.8 Å². The summed E-state index contributed by atoms with van der Waals surface area (Å²) in [7, 11) is 0. The first-order chi connectivity index (χ1) is 9.22. The molecule has 0 amide bonds. The quantitative estimate of drug-likeness (QED) is 0.753. The molecular weight excluding hydrogens is 252 g/mol. The summed E-state index contributed by atoms with van der Waals surface area (Å²) in [6, 6.07) is 0.713. The Morgan fingerprint density at radius 3 is 2.74 bits per heavy atom. The van der Waals surface area contributed by atoms with Gasteiger partial charge in [0.15, 0.2) is 0 Å². The Kier molecular flexibility index (Phi) is 6.04. The third-order valence-electron chi connectivity index (χ3n) is 5.42. The number of rotatable bonds is 6. The first kappa shape index (κ1) is 15.7. The van der Waals surface area contributed by atoms with Crippen molar-refractivity contribution in [3.63, 3.8) is 0 Å². The van der Waals surface area contributed by atoms with E-state index in [-0.39, 0.29) is 0 Å². The molecule has 2 fully saturated rings. The summed E-state index contributed by atoms with van der Waals surface area (Å²) < 4.78 is 0. The molecule has 0 aromatic heterocycles.